The minimum absolute atomic E-state index is 0. The maximum Gasteiger partial charge on any atom is 0.191 e. The molecule has 1 aromatic rings. The Hall–Kier alpha value is -0.430. The molecular formula is C17H28IN3S. The van der Waals surface area contributed by atoms with Crippen molar-refractivity contribution in [3.8, 4) is 0 Å². The van der Waals surface area contributed by atoms with Crippen LogP contribution in [0.1, 0.15) is 31.9 Å². The van der Waals surface area contributed by atoms with Crippen LogP contribution in [-0.2, 0) is 11.8 Å². The van der Waals surface area contributed by atoms with E-state index in [0.29, 0.717) is 5.96 Å². The highest BCUT2D eigenvalue weighted by Gasteiger charge is 2.21. The quantitative estimate of drug-likeness (QED) is 0.449. The van der Waals surface area contributed by atoms with Gasteiger partial charge >= 0.3 is 0 Å². The molecule has 22 heavy (non-hydrogen) atoms. The topological polar surface area (TPSA) is 41.6 Å². The highest BCUT2D eigenvalue weighted by atomic mass is 127. The number of guanidine groups is 1. The maximum atomic E-state index is 6.15. The van der Waals surface area contributed by atoms with Crippen molar-refractivity contribution in [3.05, 3.63) is 35.4 Å². The average Bonchev–Trinajstić information content (AvgIpc) is 2.53. The van der Waals surface area contributed by atoms with Crippen LogP contribution in [0.2, 0.25) is 0 Å². The van der Waals surface area contributed by atoms with Gasteiger partial charge in [0.2, 0.25) is 0 Å². The van der Waals surface area contributed by atoms with Gasteiger partial charge in [-0.15, -0.1) is 24.0 Å². The van der Waals surface area contributed by atoms with Gasteiger partial charge in [-0.05, 0) is 17.5 Å². The van der Waals surface area contributed by atoms with Crippen LogP contribution in [0.15, 0.2) is 29.3 Å². The minimum Gasteiger partial charge on any atom is -0.370 e. The van der Waals surface area contributed by atoms with Gasteiger partial charge in [-0.1, -0.05) is 45.0 Å². The van der Waals surface area contributed by atoms with E-state index < -0.39 is 0 Å². The zero-order valence-electron chi connectivity index (χ0n) is 13.8. The molecule has 2 rings (SSSR count). The second-order valence-electron chi connectivity index (χ2n) is 6.21. The van der Waals surface area contributed by atoms with Gasteiger partial charge in [0.15, 0.2) is 5.96 Å². The van der Waals surface area contributed by atoms with Crippen molar-refractivity contribution in [1.82, 2.24) is 4.90 Å². The third-order valence-electron chi connectivity index (χ3n) is 4.12. The summed E-state index contributed by atoms with van der Waals surface area (Å²) in [5.74, 6) is 3.00. The normalized spacial score (nSPS) is 16.3. The molecule has 1 fully saturated rings. The standard InChI is InChI=1S/C17H27N3S.HI/c1-4-14-5-7-15(8-6-14)17(2,3)13-19-16(18)20-9-11-21-12-10-20;/h5-8H,4,9-13H2,1-3H3,(H2,18,19);1H. The zero-order chi connectivity index (χ0) is 15.3. The molecule has 5 heteroatoms. The summed E-state index contributed by atoms with van der Waals surface area (Å²) in [5, 5.41) is 0. The predicted octanol–water partition coefficient (Wildman–Crippen LogP) is 3.51. The molecular weight excluding hydrogens is 405 g/mol. The third-order valence-corrected chi connectivity index (χ3v) is 5.06. The van der Waals surface area contributed by atoms with Gasteiger partial charge in [-0.3, -0.25) is 4.99 Å². The Morgan fingerprint density at radius 3 is 2.36 bits per heavy atom. The summed E-state index contributed by atoms with van der Waals surface area (Å²) in [6, 6.07) is 8.88. The number of nitrogens with zero attached hydrogens (tertiary/aromatic N) is 2. The van der Waals surface area contributed by atoms with E-state index in [9.17, 15) is 0 Å². The van der Waals surface area contributed by atoms with Crippen molar-refractivity contribution >= 4 is 41.7 Å². The molecule has 0 atom stereocenters. The van der Waals surface area contributed by atoms with Crippen LogP contribution in [0.5, 0.6) is 0 Å². The second kappa shape index (κ2) is 9.01. The van der Waals surface area contributed by atoms with E-state index in [4.69, 9.17) is 5.73 Å². The van der Waals surface area contributed by atoms with E-state index in [0.717, 1.165) is 37.6 Å². The number of nitrogens with two attached hydrogens (primary N) is 1. The Kier molecular flexibility index (Phi) is 8.03. The van der Waals surface area contributed by atoms with Crippen LogP contribution in [0, 0.1) is 0 Å². The molecule has 0 aromatic heterocycles. The zero-order valence-corrected chi connectivity index (χ0v) is 17.0. The molecule has 0 radical (unpaired) electrons. The molecule has 1 heterocycles. The van der Waals surface area contributed by atoms with Gasteiger partial charge in [0.25, 0.3) is 0 Å². The molecule has 0 unspecified atom stereocenters. The number of rotatable bonds is 4. The van der Waals surface area contributed by atoms with Crippen LogP contribution in [-0.4, -0.2) is 42.0 Å². The fourth-order valence-corrected chi connectivity index (χ4v) is 3.36. The predicted molar refractivity (Wildman–Crippen MR) is 110 cm³/mol. The summed E-state index contributed by atoms with van der Waals surface area (Å²) >= 11 is 1.99. The average molecular weight is 433 g/mol. The summed E-state index contributed by atoms with van der Waals surface area (Å²) < 4.78 is 0. The fraction of sp³-hybridized carbons (Fsp3) is 0.588. The molecule has 0 bridgehead atoms. The number of aryl methyl sites for hydroxylation is 1. The van der Waals surface area contributed by atoms with E-state index in [1.165, 1.54) is 11.1 Å². The van der Waals surface area contributed by atoms with E-state index in [2.05, 4.69) is 54.9 Å². The van der Waals surface area contributed by atoms with E-state index >= 15 is 0 Å². The fourth-order valence-electron chi connectivity index (χ4n) is 2.45. The molecule has 1 aliphatic rings. The monoisotopic (exact) mass is 433 g/mol. The number of hydrogen-bond donors (Lipinski definition) is 1. The maximum absolute atomic E-state index is 6.15. The Labute approximate surface area is 156 Å². The minimum atomic E-state index is 0. The highest BCUT2D eigenvalue weighted by molar-refractivity contribution is 14.0. The second-order valence-corrected chi connectivity index (χ2v) is 7.43. The molecule has 0 saturated carbocycles. The summed E-state index contributed by atoms with van der Waals surface area (Å²) in [6.07, 6.45) is 1.08. The molecule has 0 amide bonds. The molecule has 1 saturated heterocycles. The summed E-state index contributed by atoms with van der Waals surface area (Å²) in [5.41, 5.74) is 8.86. The lowest BCUT2D eigenvalue weighted by Crippen LogP contribution is -2.43. The Morgan fingerprint density at radius 2 is 1.82 bits per heavy atom. The number of aliphatic imine (C=N–C) groups is 1. The number of benzene rings is 1. The summed E-state index contributed by atoms with van der Waals surface area (Å²) in [7, 11) is 0. The molecule has 1 aliphatic heterocycles. The molecule has 3 nitrogen and oxygen atoms in total. The lowest BCUT2D eigenvalue weighted by atomic mass is 9.84. The van der Waals surface area contributed by atoms with Crippen molar-refractivity contribution in [2.45, 2.75) is 32.6 Å². The van der Waals surface area contributed by atoms with Crippen LogP contribution >= 0.6 is 35.7 Å². The van der Waals surface area contributed by atoms with Gasteiger partial charge in [0.1, 0.15) is 0 Å². The van der Waals surface area contributed by atoms with Crippen molar-refractivity contribution < 1.29 is 0 Å². The van der Waals surface area contributed by atoms with E-state index in [1.807, 2.05) is 11.8 Å². The first kappa shape index (κ1) is 19.6. The largest absolute Gasteiger partial charge is 0.370 e. The smallest absolute Gasteiger partial charge is 0.191 e. The molecule has 1 aromatic carbocycles. The Bertz CT molecular complexity index is 479. The SMILES string of the molecule is CCc1ccc(C(C)(C)CN=C(N)N2CCSCC2)cc1.I. The first-order valence-electron chi connectivity index (χ1n) is 7.75. The van der Waals surface area contributed by atoms with Crippen LogP contribution in [0.3, 0.4) is 0 Å². The van der Waals surface area contributed by atoms with Gasteiger partial charge in [-0.25, -0.2) is 0 Å². The lowest BCUT2D eigenvalue weighted by molar-refractivity contribution is 0.449. The first-order chi connectivity index (χ1) is 10.0. The molecule has 0 spiro atoms. The Morgan fingerprint density at radius 1 is 1.23 bits per heavy atom. The van der Waals surface area contributed by atoms with Crippen molar-refractivity contribution in [2.24, 2.45) is 10.7 Å². The van der Waals surface area contributed by atoms with Crippen molar-refractivity contribution in [2.75, 3.05) is 31.1 Å². The van der Waals surface area contributed by atoms with E-state index in [-0.39, 0.29) is 29.4 Å². The molecule has 0 aliphatic carbocycles. The number of halogens is 1. The Balaban J connectivity index is 0.00000242. The molecule has 124 valence electrons. The highest BCUT2D eigenvalue weighted by Crippen LogP contribution is 2.24. The van der Waals surface area contributed by atoms with Crippen molar-refractivity contribution in [1.29, 1.82) is 0 Å². The number of hydrogen-bond acceptors (Lipinski definition) is 2. The van der Waals surface area contributed by atoms with Crippen molar-refractivity contribution in [3.63, 3.8) is 0 Å². The van der Waals surface area contributed by atoms with Crippen LogP contribution < -0.4 is 5.73 Å². The molecule has 2 N–H and O–H groups in total. The summed E-state index contributed by atoms with van der Waals surface area (Å²) in [4.78, 5) is 6.85. The summed E-state index contributed by atoms with van der Waals surface area (Å²) in [6.45, 7) is 9.42. The van der Waals surface area contributed by atoms with Gasteiger partial charge < -0.3 is 10.6 Å². The lowest BCUT2D eigenvalue weighted by Gasteiger charge is -2.29. The van der Waals surface area contributed by atoms with Crippen LogP contribution in [0.4, 0.5) is 0 Å². The van der Waals surface area contributed by atoms with Gasteiger partial charge in [-0.2, -0.15) is 11.8 Å². The first-order valence-corrected chi connectivity index (χ1v) is 8.90. The van der Waals surface area contributed by atoms with Gasteiger partial charge in [0, 0.05) is 30.0 Å². The van der Waals surface area contributed by atoms with E-state index in [1.54, 1.807) is 0 Å². The van der Waals surface area contributed by atoms with Crippen LogP contribution in [0.25, 0.3) is 0 Å². The van der Waals surface area contributed by atoms with Gasteiger partial charge in [0.05, 0.1) is 6.54 Å². The third kappa shape index (κ3) is 5.33. The number of thioether (sulfide) groups is 1.